The number of likely N-dealkylation sites (tertiary alicyclic amines) is 1. The lowest BCUT2D eigenvalue weighted by Crippen LogP contribution is -2.51. The molecule has 1 heterocycles. The Hall–Kier alpha value is -1.08. The van der Waals surface area contributed by atoms with E-state index in [0.717, 1.165) is 5.56 Å². The first kappa shape index (κ1) is 10.4. The van der Waals surface area contributed by atoms with Gasteiger partial charge in [-0.05, 0) is 17.7 Å². The van der Waals surface area contributed by atoms with E-state index in [-0.39, 0.29) is 12.1 Å². The Morgan fingerprint density at radius 1 is 1.53 bits per heavy atom. The molecule has 1 aliphatic rings. The minimum Gasteiger partial charge on any atom is -0.390 e. The maximum absolute atomic E-state index is 9.19. The van der Waals surface area contributed by atoms with Crippen molar-refractivity contribution in [3.63, 3.8) is 0 Å². The maximum Gasteiger partial charge on any atom is 0.124 e. The number of β-amino-alcohol motifs (C(OH)–C–C–N with tert-alkyl or cyclic N) is 1. The van der Waals surface area contributed by atoms with Gasteiger partial charge in [0, 0.05) is 18.1 Å². The highest BCUT2D eigenvalue weighted by molar-refractivity contribution is 6.30. The van der Waals surface area contributed by atoms with Crippen LogP contribution in [0, 0.1) is 11.3 Å². The van der Waals surface area contributed by atoms with Crippen molar-refractivity contribution in [3.8, 4) is 6.07 Å². The highest BCUT2D eigenvalue weighted by atomic mass is 35.5. The number of hydrogen-bond donors (Lipinski definition) is 1. The summed E-state index contributed by atoms with van der Waals surface area (Å²) in [6, 6.07) is 9.21. The van der Waals surface area contributed by atoms with Gasteiger partial charge >= 0.3 is 0 Å². The van der Waals surface area contributed by atoms with E-state index in [4.69, 9.17) is 16.9 Å². The lowest BCUT2D eigenvalue weighted by molar-refractivity contribution is -0.0127. The number of halogens is 1. The molecule has 0 aliphatic carbocycles. The second-order valence-corrected chi connectivity index (χ2v) is 4.13. The average molecular weight is 223 g/mol. The third-order valence-corrected chi connectivity index (χ3v) is 2.78. The molecule has 1 fully saturated rings. The van der Waals surface area contributed by atoms with E-state index in [9.17, 15) is 5.11 Å². The van der Waals surface area contributed by atoms with Gasteiger partial charge in [-0.1, -0.05) is 23.7 Å². The van der Waals surface area contributed by atoms with Crippen molar-refractivity contribution in [3.05, 3.63) is 34.9 Å². The van der Waals surface area contributed by atoms with Crippen LogP contribution in [0.3, 0.4) is 0 Å². The largest absolute Gasteiger partial charge is 0.390 e. The molecule has 1 aromatic carbocycles. The van der Waals surface area contributed by atoms with Crippen LogP contribution >= 0.6 is 11.6 Å². The van der Waals surface area contributed by atoms with E-state index >= 15 is 0 Å². The molecule has 1 aliphatic heterocycles. The molecule has 0 unspecified atom stereocenters. The molecule has 2 rings (SSSR count). The number of rotatable bonds is 2. The minimum atomic E-state index is -0.299. The summed E-state index contributed by atoms with van der Waals surface area (Å²) in [5, 5.41) is 18.9. The lowest BCUT2D eigenvalue weighted by atomic mass is 10.0. The summed E-state index contributed by atoms with van der Waals surface area (Å²) in [7, 11) is 0. The van der Waals surface area contributed by atoms with E-state index < -0.39 is 0 Å². The van der Waals surface area contributed by atoms with Gasteiger partial charge in [-0.25, -0.2) is 0 Å². The first-order valence-electron chi connectivity index (χ1n) is 4.78. The summed E-state index contributed by atoms with van der Waals surface area (Å²) >= 11 is 5.86. The monoisotopic (exact) mass is 222 g/mol. The lowest BCUT2D eigenvalue weighted by Gasteiger charge is -2.39. The fraction of sp³-hybridized carbons (Fsp3) is 0.364. The van der Waals surface area contributed by atoms with Gasteiger partial charge in [0.05, 0.1) is 12.2 Å². The third kappa shape index (κ3) is 2.13. The first-order chi connectivity index (χ1) is 7.20. The molecule has 1 aromatic rings. The number of nitriles is 1. The molecule has 4 heteroatoms. The van der Waals surface area contributed by atoms with Crippen molar-refractivity contribution in [1.82, 2.24) is 4.90 Å². The van der Waals surface area contributed by atoms with E-state index in [0.29, 0.717) is 18.1 Å². The van der Waals surface area contributed by atoms with Gasteiger partial charge in [-0.3, -0.25) is 4.90 Å². The van der Waals surface area contributed by atoms with E-state index in [2.05, 4.69) is 6.07 Å². The van der Waals surface area contributed by atoms with Crippen LogP contribution in [0.2, 0.25) is 5.02 Å². The number of hydrogen-bond acceptors (Lipinski definition) is 3. The van der Waals surface area contributed by atoms with Gasteiger partial charge in [0.15, 0.2) is 0 Å². The molecular weight excluding hydrogens is 212 g/mol. The van der Waals surface area contributed by atoms with Gasteiger partial charge in [-0.15, -0.1) is 0 Å². The molecule has 78 valence electrons. The van der Waals surface area contributed by atoms with Gasteiger partial charge in [0.2, 0.25) is 0 Å². The molecule has 0 bridgehead atoms. The van der Waals surface area contributed by atoms with Crippen LogP contribution in [0.1, 0.15) is 11.6 Å². The molecule has 0 saturated carbocycles. The fourth-order valence-corrected chi connectivity index (χ4v) is 1.94. The molecule has 0 amide bonds. The average Bonchev–Trinajstić information content (AvgIpc) is 2.16. The smallest absolute Gasteiger partial charge is 0.124 e. The Labute approximate surface area is 93.5 Å². The zero-order chi connectivity index (χ0) is 10.8. The van der Waals surface area contributed by atoms with Crippen molar-refractivity contribution >= 4 is 11.6 Å². The molecule has 0 aromatic heterocycles. The second-order valence-electron chi connectivity index (χ2n) is 3.69. The second kappa shape index (κ2) is 4.19. The molecule has 1 atom stereocenters. The maximum atomic E-state index is 9.19. The normalized spacial score (nSPS) is 19.3. The summed E-state index contributed by atoms with van der Waals surface area (Å²) in [5.41, 5.74) is 0.886. The standard InChI is InChI=1S/C11H11ClN2O/c12-9-3-1-2-8(4-9)11(5-13)14-6-10(15)7-14/h1-4,10-11,15H,6-7H2/t11-/m1/s1. The van der Waals surface area contributed by atoms with Gasteiger partial charge < -0.3 is 5.11 Å². The minimum absolute atomic E-state index is 0.292. The SMILES string of the molecule is N#C[C@H](c1cccc(Cl)c1)N1CC(O)C1. The van der Waals surface area contributed by atoms with E-state index in [1.165, 1.54) is 0 Å². The summed E-state index contributed by atoms with van der Waals surface area (Å²) in [6.07, 6.45) is -0.292. The Morgan fingerprint density at radius 3 is 2.80 bits per heavy atom. The highest BCUT2D eigenvalue weighted by Crippen LogP contribution is 2.26. The summed E-state index contributed by atoms with van der Waals surface area (Å²) in [6.45, 7) is 1.12. The fourth-order valence-electron chi connectivity index (χ4n) is 1.74. The first-order valence-corrected chi connectivity index (χ1v) is 5.15. The van der Waals surface area contributed by atoms with Crippen LogP contribution in [0.4, 0.5) is 0 Å². The van der Waals surface area contributed by atoms with E-state index in [1.807, 2.05) is 17.0 Å². The van der Waals surface area contributed by atoms with Crippen molar-refractivity contribution in [2.45, 2.75) is 12.1 Å². The summed E-state index contributed by atoms with van der Waals surface area (Å²) < 4.78 is 0. The molecule has 3 nitrogen and oxygen atoms in total. The molecular formula is C11H11ClN2O. The van der Waals surface area contributed by atoms with Crippen LogP contribution < -0.4 is 0 Å². The predicted molar refractivity (Wildman–Crippen MR) is 57.4 cm³/mol. The third-order valence-electron chi connectivity index (χ3n) is 2.54. The quantitative estimate of drug-likeness (QED) is 0.827. The number of aliphatic hydroxyl groups excluding tert-OH is 1. The number of benzene rings is 1. The zero-order valence-electron chi connectivity index (χ0n) is 8.10. The van der Waals surface area contributed by atoms with E-state index in [1.54, 1.807) is 12.1 Å². The van der Waals surface area contributed by atoms with Crippen LogP contribution in [0.5, 0.6) is 0 Å². The van der Waals surface area contributed by atoms with Crippen LogP contribution in [0.15, 0.2) is 24.3 Å². The zero-order valence-corrected chi connectivity index (χ0v) is 8.85. The van der Waals surface area contributed by atoms with Crippen molar-refractivity contribution < 1.29 is 5.11 Å². The Balaban J connectivity index is 2.17. The van der Waals surface area contributed by atoms with Crippen molar-refractivity contribution in [2.75, 3.05) is 13.1 Å². The van der Waals surface area contributed by atoms with Gasteiger partial charge in [0.25, 0.3) is 0 Å². The van der Waals surface area contributed by atoms with Crippen molar-refractivity contribution in [1.29, 1.82) is 5.26 Å². The Bertz CT molecular complexity index is 396. The van der Waals surface area contributed by atoms with Crippen LogP contribution in [-0.2, 0) is 0 Å². The molecule has 0 spiro atoms. The van der Waals surface area contributed by atoms with Gasteiger partial charge in [-0.2, -0.15) is 5.26 Å². The Kier molecular flexibility index (Phi) is 2.92. The molecule has 1 N–H and O–H groups in total. The van der Waals surface area contributed by atoms with Crippen LogP contribution in [0.25, 0.3) is 0 Å². The Morgan fingerprint density at radius 2 is 2.27 bits per heavy atom. The molecule has 1 saturated heterocycles. The highest BCUT2D eigenvalue weighted by Gasteiger charge is 2.31. The molecule has 0 radical (unpaired) electrons. The topological polar surface area (TPSA) is 47.3 Å². The number of aliphatic hydroxyl groups is 1. The van der Waals surface area contributed by atoms with Crippen molar-refractivity contribution in [2.24, 2.45) is 0 Å². The van der Waals surface area contributed by atoms with Gasteiger partial charge in [0.1, 0.15) is 6.04 Å². The van der Waals surface area contributed by atoms with Crippen LogP contribution in [-0.4, -0.2) is 29.2 Å². The number of nitrogens with zero attached hydrogens (tertiary/aromatic N) is 2. The molecule has 15 heavy (non-hydrogen) atoms. The summed E-state index contributed by atoms with van der Waals surface area (Å²) in [5.74, 6) is 0. The predicted octanol–water partition coefficient (Wildman–Crippen LogP) is 1.58. The summed E-state index contributed by atoms with van der Waals surface area (Å²) in [4.78, 5) is 1.93.